The summed E-state index contributed by atoms with van der Waals surface area (Å²) in [5.41, 5.74) is 0. The minimum absolute atomic E-state index is 0. The molecule has 17 heavy (non-hydrogen) atoms. The summed E-state index contributed by atoms with van der Waals surface area (Å²) >= 11 is 0. The quantitative estimate of drug-likeness (QED) is 0.394. The Kier molecular flexibility index (Phi) is 138. The van der Waals surface area contributed by atoms with Gasteiger partial charge < -0.3 is 40.2 Å². The van der Waals surface area contributed by atoms with Crippen molar-refractivity contribution < 1.29 is 40.2 Å². The van der Waals surface area contributed by atoms with Crippen LogP contribution in [-0.4, -0.2) is 94.7 Å². The van der Waals surface area contributed by atoms with Crippen molar-refractivity contribution in [3.05, 3.63) is 0 Å². The van der Waals surface area contributed by atoms with Gasteiger partial charge in [0, 0.05) is 0 Å². The monoisotopic (exact) mass is 282 g/mol. The number of carbonyl (C=O) groups excluding carboxylic acids is 2. The minimum atomic E-state index is -2.33. The number of carbonyl (C=O) groups is 2. The van der Waals surface area contributed by atoms with E-state index in [-0.39, 0.29) is 82.4 Å². The van der Waals surface area contributed by atoms with Crippen LogP contribution >= 0.6 is 0 Å². The van der Waals surface area contributed by atoms with Crippen molar-refractivity contribution in [3.63, 3.8) is 0 Å². The van der Waals surface area contributed by atoms with E-state index in [0.29, 0.717) is 0 Å². The molecule has 0 saturated carbocycles. The Morgan fingerprint density at radius 3 is 0.706 bits per heavy atom. The molecule has 0 saturated heterocycles. The zero-order valence-corrected chi connectivity index (χ0v) is 14.0. The molecule has 0 aliphatic heterocycles. The number of hydrogen-bond acceptors (Lipinski definition) is 8. The fourth-order valence-electron chi connectivity index (χ4n) is 0. The van der Waals surface area contributed by atoms with Crippen LogP contribution in [0.15, 0.2) is 0 Å². The topological polar surface area (TPSA) is 172 Å². The van der Waals surface area contributed by atoms with Crippen molar-refractivity contribution in [2.24, 2.45) is 0 Å². The molecule has 0 unspecified atom stereocenters. The van der Waals surface area contributed by atoms with Crippen molar-refractivity contribution in [1.29, 1.82) is 0 Å². The van der Waals surface area contributed by atoms with Gasteiger partial charge in [-0.05, 0) is 12.3 Å². The van der Waals surface area contributed by atoms with Crippen LogP contribution in [0.5, 0.6) is 0 Å². The van der Waals surface area contributed by atoms with Gasteiger partial charge in [0.1, 0.15) is 0 Å². The number of rotatable bonds is 0. The zero-order valence-electron chi connectivity index (χ0n) is 9.80. The third-order valence-corrected chi connectivity index (χ3v) is 0. The Hall–Kier alpha value is 0.759. The van der Waals surface area contributed by atoms with Crippen LogP contribution in [0.1, 0.15) is 13.8 Å². The molecule has 0 fully saturated rings. The molecular weight excluding hydrogens is 273 g/mol. The smallest absolute Gasteiger partial charge is 0.855 e. The summed E-state index contributed by atoms with van der Waals surface area (Å²) in [6, 6.07) is 0. The van der Waals surface area contributed by atoms with Gasteiger partial charge in [-0.25, -0.2) is 0 Å². The molecule has 0 aromatic rings. The molecule has 0 bridgehead atoms. The van der Waals surface area contributed by atoms with Crippen molar-refractivity contribution in [2.45, 2.75) is 13.8 Å². The average molecular weight is 283 g/mol. The van der Waals surface area contributed by atoms with E-state index in [2.05, 4.69) is 0 Å². The van der Waals surface area contributed by atoms with Crippen LogP contribution in [0.4, 0.5) is 9.59 Å². The minimum Gasteiger partial charge on any atom is -0.855 e. The van der Waals surface area contributed by atoms with Crippen molar-refractivity contribution in [2.75, 3.05) is 13.2 Å². The summed E-state index contributed by atoms with van der Waals surface area (Å²) in [5, 5.41) is 51.2. The molecule has 0 atom stereocenters. The first-order valence-electron chi connectivity index (χ1n) is 3.22. The van der Waals surface area contributed by atoms with Gasteiger partial charge in [0.05, 0.1) is 0 Å². The molecule has 88 valence electrons. The van der Waals surface area contributed by atoms with Crippen molar-refractivity contribution >= 4 is 81.5 Å². The molecule has 8 nitrogen and oxygen atoms in total. The van der Waals surface area contributed by atoms with Gasteiger partial charge in [-0.3, -0.25) is 0 Å². The third-order valence-electron chi connectivity index (χ3n) is 0. The second-order valence-electron chi connectivity index (χ2n) is 1.08. The van der Waals surface area contributed by atoms with Crippen LogP contribution in [0.2, 0.25) is 0 Å². The Morgan fingerprint density at radius 2 is 0.706 bits per heavy atom. The van der Waals surface area contributed by atoms with Gasteiger partial charge >= 0.3 is 69.2 Å². The molecule has 11 heteroatoms. The Labute approximate surface area is 147 Å². The molecule has 0 spiro atoms. The van der Waals surface area contributed by atoms with Crippen LogP contribution < -0.4 is 30.6 Å². The molecule has 0 aromatic heterocycles. The molecule has 0 amide bonds. The van der Waals surface area contributed by atoms with E-state index in [9.17, 15) is 0 Å². The fourth-order valence-corrected chi connectivity index (χ4v) is 0. The van der Waals surface area contributed by atoms with Crippen LogP contribution in [0, 0.1) is 0 Å². The van der Waals surface area contributed by atoms with E-state index in [1.54, 1.807) is 13.8 Å². The van der Waals surface area contributed by atoms with E-state index in [1.807, 2.05) is 0 Å². The van der Waals surface area contributed by atoms with E-state index in [1.165, 1.54) is 0 Å². The van der Waals surface area contributed by atoms with E-state index < -0.39 is 12.3 Å². The predicted molar refractivity (Wildman–Crippen MR) is 49.1 cm³/mol. The van der Waals surface area contributed by atoms with Crippen LogP contribution in [0.25, 0.3) is 0 Å². The average Bonchev–Trinajstić information content (AvgIpc) is 1.85. The predicted octanol–water partition coefficient (Wildman–Crippen LogP) is -7.30. The zero-order chi connectivity index (χ0) is 12.6. The molecule has 0 aliphatic rings. The molecule has 0 aromatic carbocycles. The summed E-state index contributed by atoms with van der Waals surface area (Å²) < 4.78 is 0. The van der Waals surface area contributed by atoms with Crippen LogP contribution in [-0.2, 0) is 0 Å². The van der Waals surface area contributed by atoms with Gasteiger partial charge in [0.2, 0.25) is 0 Å². The fraction of sp³-hybridized carbons (Fsp3) is 0.667. The SMILES string of the molecule is CC[O-].CC[O-].O=C([O-])[O-].O=C([O-])[O-].[Mg+2].[Mg+2].[Mg+2]. The normalized spacial score (nSPS) is 4.94. The maximum absolute atomic E-state index is 8.93. The molecule has 0 radical (unpaired) electrons. The van der Waals surface area contributed by atoms with E-state index in [0.717, 1.165) is 0 Å². The second-order valence-corrected chi connectivity index (χ2v) is 1.08. The van der Waals surface area contributed by atoms with Crippen molar-refractivity contribution in [3.8, 4) is 0 Å². The summed E-state index contributed by atoms with van der Waals surface area (Å²) in [6.07, 6.45) is -4.67. The summed E-state index contributed by atoms with van der Waals surface area (Å²) in [4.78, 5) is 16.7. The van der Waals surface area contributed by atoms with Gasteiger partial charge in [0.15, 0.2) is 0 Å². The number of carboxylic acid groups (broad SMARTS) is 4. The molecule has 0 N–H and O–H groups in total. The van der Waals surface area contributed by atoms with Crippen molar-refractivity contribution in [1.82, 2.24) is 0 Å². The Bertz CT molecular complexity index is 102. The first-order chi connectivity index (χ1) is 6.29. The van der Waals surface area contributed by atoms with Gasteiger partial charge in [-0.15, -0.1) is 13.2 Å². The van der Waals surface area contributed by atoms with E-state index in [4.69, 9.17) is 40.2 Å². The summed E-state index contributed by atoms with van der Waals surface area (Å²) in [6.45, 7) is 3.14. The van der Waals surface area contributed by atoms with Gasteiger partial charge in [-0.2, -0.15) is 0 Å². The van der Waals surface area contributed by atoms with E-state index >= 15 is 0 Å². The first-order valence-corrected chi connectivity index (χ1v) is 3.22. The van der Waals surface area contributed by atoms with Gasteiger partial charge in [0.25, 0.3) is 0 Å². The molecular formula is C6H10Mg3O8. The van der Waals surface area contributed by atoms with Gasteiger partial charge in [-0.1, -0.05) is 13.8 Å². The molecule has 0 rings (SSSR count). The molecule has 0 aliphatic carbocycles. The second kappa shape index (κ2) is 54.3. The maximum atomic E-state index is 8.93. The summed E-state index contributed by atoms with van der Waals surface area (Å²) in [5.74, 6) is 0. The molecule has 0 heterocycles. The largest absolute Gasteiger partial charge is 2.00 e. The Morgan fingerprint density at radius 1 is 0.706 bits per heavy atom. The Balaban J connectivity index is -0.0000000149. The third kappa shape index (κ3) is 6340. The standard InChI is InChI=1S/2C2H5O.2CH2O3.3Mg/c2*1-2-3;2*2-1(3)4;;;/h2*2H2,1H3;2*(H2,2,3,4);;;/q2*-1;;;3*+2/p-4. The first kappa shape index (κ1) is 43.1. The maximum Gasteiger partial charge on any atom is 2.00 e. The summed E-state index contributed by atoms with van der Waals surface area (Å²) in [7, 11) is 0. The number of hydrogen-bond donors (Lipinski definition) is 0. The van der Waals surface area contributed by atoms with Crippen LogP contribution in [0.3, 0.4) is 0 Å².